The van der Waals surface area contributed by atoms with Gasteiger partial charge in [0.1, 0.15) is 0 Å². The fourth-order valence-corrected chi connectivity index (χ4v) is 1.48. The third-order valence-electron chi connectivity index (χ3n) is 2.23. The second-order valence-corrected chi connectivity index (χ2v) is 3.85. The van der Waals surface area contributed by atoms with Crippen molar-refractivity contribution < 1.29 is 9.53 Å². The Kier molecular flexibility index (Phi) is 5.36. The number of ether oxygens (including phenoxy) is 1. The smallest absolute Gasteiger partial charge is 0.334 e. The molecular weight excluding hydrogens is 216 g/mol. The third kappa shape index (κ3) is 4.78. The summed E-state index contributed by atoms with van der Waals surface area (Å²) in [5.74, 6) is -0.325. The monoisotopic (exact) mass is 234 g/mol. The van der Waals surface area contributed by atoms with Crippen LogP contribution in [-0.2, 0) is 16.1 Å². The second kappa shape index (κ2) is 6.81. The maximum absolute atomic E-state index is 11.4. The maximum atomic E-state index is 11.4. The summed E-state index contributed by atoms with van der Waals surface area (Å²) in [6, 6.07) is 3.90. The summed E-state index contributed by atoms with van der Waals surface area (Å²) in [7, 11) is 1.94. The molecule has 0 amide bonds. The van der Waals surface area contributed by atoms with Gasteiger partial charge in [-0.2, -0.15) is 0 Å². The number of pyridine rings is 1. The third-order valence-corrected chi connectivity index (χ3v) is 2.23. The minimum Gasteiger partial charge on any atom is -0.463 e. The molecule has 0 fully saturated rings. The van der Waals surface area contributed by atoms with E-state index in [-0.39, 0.29) is 5.97 Å². The van der Waals surface area contributed by atoms with Crippen LogP contribution in [0.4, 0.5) is 0 Å². The van der Waals surface area contributed by atoms with Crippen molar-refractivity contribution in [3.8, 4) is 0 Å². The average Bonchev–Trinajstić information content (AvgIpc) is 2.30. The van der Waals surface area contributed by atoms with Crippen LogP contribution in [0.1, 0.15) is 12.5 Å². The molecule has 92 valence electrons. The first-order valence-corrected chi connectivity index (χ1v) is 5.55. The normalized spacial score (nSPS) is 10.3. The minimum absolute atomic E-state index is 0.325. The molecular formula is C13H18N2O2. The highest BCUT2D eigenvalue weighted by molar-refractivity contribution is 5.88. The molecule has 0 bridgehead atoms. The Morgan fingerprint density at radius 1 is 1.47 bits per heavy atom. The van der Waals surface area contributed by atoms with Crippen LogP contribution >= 0.6 is 0 Å². The molecule has 0 radical (unpaired) electrons. The molecule has 1 rings (SSSR count). The lowest BCUT2D eigenvalue weighted by Crippen LogP contribution is -2.24. The summed E-state index contributed by atoms with van der Waals surface area (Å²) in [5.41, 5.74) is 1.63. The number of esters is 1. The predicted octanol–water partition coefficient (Wildman–Crippen LogP) is 1.63. The molecule has 0 aliphatic carbocycles. The summed E-state index contributed by atoms with van der Waals surface area (Å²) < 4.78 is 4.88. The van der Waals surface area contributed by atoms with E-state index in [2.05, 4.69) is 11.6 Å². The van der Waals surface area contributed by atoms with Gasteiger partial charge >= 0.3 is 5.97 Å². The molecule has 0 saturated carbocycles. The Bertz CT molecular complexity index is 376. The Morgan fingerprint density at radius 3 is 2.71 bits per heavy atom. The zero-order valence-corrected chi connectivity index (χ0v) is 10.3. The Hall–Kier alpha value is -1.68. The van der Waals surface area contributed by atoms with Gasteiger partial charge in [0.05, 0.1) is 6.61 Å². The summed E-state index contributed by atoms with van der Waals surface area (Å²) in [4.78, 5) is 17.3. The first kappa shape index (κ1) is 13.4. The number of hydrogen-bond acceptors (Lipinski definition) is 4. The zero-order chi connectivity index (χ0) is 12.7. The van der Waals surface area contributed by atoms with Crippen molar-refractivity contribution in [3.63, 3.8) is 0 Å². The van der Waals surface area contributed by atoms with Gasteiger partial charge in [0.2, 0.25) is 0 Å². The van der Waals surface area contributed by atoms with E-state index in [4.69, 9.17) is 4.74 Å². The molecule has 0 saturated heterocycles. The van der Waals surface area contributed by atoms with Gasteiger partial charge in [-0.25, -0.2) is 4.79 Å². The van der Waals surface area contributed by atoms with Crippen molar-refractivity contribution in [2.45, 2.75) is 13.5 Å². The van der Waals surface area contributed by atoms with Gasteiger partial charge in [0, 0.05) is 31.1 Å². The molecule has 0 spiro atoms. The van der Waals surface area contributed by atoms with E-state index >= 15 is 0 Å². The first-order valence-electron chi connectivity index (χ1n) is 5.55. The van der Waals surface area contributed by atoms with E-state index < -0.39 is 0 Å². The van der Waals surface area contributed by atoms with Gasteiger partial charge in [-0.05, 0) is 31.7 Å². The van der Waals surface area contributed by atoms with Crippen LogP contribution in [0.5, 0.6) is 0 Å². The molecule has 4 nitrogen and oxygen atoms in total. The molecule has 1 aromatic rings. The van der Waals surface area contributed by atoms with E-state index in [0.717, 1.165) is 12.1 Å². The van der Waals surface area contributed by atoms with Crippen molar-refractivity contribution >= 4 is 5.97 Å². The van der Waals surface area contributed by atoms with Crippen molar-refractivity contribution in [1.82, 2.24) is 9.88 Å². The highest BCUT2D eigenvalue weighted by Gasteiger charge is 2.10. The molecule has 0 aromatic carbocycles. The van der Waals surface area contributed by atoms with Crippen LogP contribution in [0, 0.1) is 0 Å². The van der Waals surface area contributed by atoms with Gasteiger partial charge < -0.3 is 4.74 Å². The highest BCUT2D eigenvalue weighted by Crippen LogP contribution is 2.04. The molecule has 1 aromatic heterocycles. The molecule has 0 aliphatic heterocycles. The zero-order valence-electron chi connectivity index (χ0n) is 10.3. The molecule has 0 unspecified atom stereocenters. The quantitative estimate of drug-likeness (QED) is 0.554. The van der Waals surface area contributed by atoms with Crippen LogP contribution in [0.25, 0.3) is 0 Å². The van der Waals surface area contributed by atoms with Crippen LogP contribution in [0.15, 0.2) is 36.7 Å². The Morgan fingerprint density at radius 2 is 2.12 bits per heavy atom. The highest BCUT2D eigenvalue weighted by atomic mass is 16.5. The van der Waals surface area contributed by atoms with E-state index in [9.17, 15) is 4.79 Å². The Balaban J connectivity index is 2.42. The summed E-state index contributed by atoms with van der Waals surface area (Å²) in [6.07, 6.45) is 3.51. The van der Waals surface area contributed by atoms with Crippen molar-refractivity contribution in [1.29, 1.82) is 0 Å². The van der Waals surface area contributed by atoms with Crippen LogP contribution < -0.4 is 0 Å². The van der Waals surface area contributed by atoms with Gasteiger partial charge in [-0.3, -0.25) is 9.88 Å². The molecule has 0 N–H and O–H groups in total. The number of aromatic nitrogens is 1. The second-order valence-electron chi connectivity index (χ2n) is 3.85. The van der Waals surface area contributed by atoms with Crippen LogP contribution in [0.3, 0.4) is 0 Å². The van der Waals surface area contributed by atoms with Gasteiger partial charge in [-0.1, -0.05) is 6.58 Å². The average molecular weight is 234 g/mol. The summed E-state index contributed by atoms with van der Waals surface area (Å²) in [6.45, 7) is 7.14. The number of nitrogens with zero attached hydrogens (tertiary/aromatic N) is 2. The topological polar surface area (TPSA) is 42.4 Å². The molecule has 1 heterocycles. The maximum Gasteiger partial charge on any atom is 0.334 e. The van der Waals surface area contributed by atoms with E-state index in [0.29, 0.717) is 18.7 Å². The fraction of sp³-hybridized carbons (Fsp3) is 0.385. The van der Waals surface area contributed by atoms with E-state index in [1.54, 1.807) is 19.3 Å². The van der Waals surface area contributed by atoms with E-state index in [1.807, 2.05) is 24.1 Å². The SMILES string of the molecule is C=C(CN(C)Cc1ccncc1)C(=O)OCC. The number of rotatable bonds is 6. The largest absolute Gasteiger partial charge is 0.463 e. The van der Waals surface area contributed by atoms with E-state index in [1.165, 1.54) is 0 Å². The molecule has 4 heteroatoms. The standard InChI is InChI=1S/C13H18N2O2/c1-4-17-13(16)11(2)9-15(3)10-12-5-7-14-8-6-12/h5-8H,2,4,9-10H2,1,3H3. The number of carbonyl (C=O) groups is 1. The predicted molar refractivity (Wildman–Crippen MR) is 66.3 cm³/mol. The van der Waals surface area contributed by atoms with Crippen molar-refractivity contribution in [2.75, 3.05) is 20.2 Å². The summed E-state index contributed by atoms with van der Waals surface area (Å²) >= 11 is 0. The molecule has 0 atom stereocenters. The van der Waals surface area contributed by atoms with Gasteiger partial charge in [0.25, 0.3) is 0 Å². The van der Waals surface area contributed by atoms with Gasteiger partial charge in [-0.15, -0.1) is 0 Å². The van der Waals surface area contributed by atoms with Crippen molar-refractivity contribution in [2.24, 2.45) is 0 Å². The summed E-state index contributed by atoms with van der Waals surface area (Å²) in [5, 5.41) is 0. The first-order chi connectivity index (χ1) is 8.13. The Labute approximate surface area is 102 Å². The number of likely N-dealkylation sites (N-methyl/N-ethyl adjacent to an activating group) is 1. The lowest BCUT2D eigenvalue weighted by Gasteiger charge is -2.17. The van der Waals surface area contributed by atoms with Crippen molar-refractivity contribution in [3.05, 3.63) is 42.2 Å². The molecule has 0 aliphatic rings. The van der Waals surface area contributed by atoms with Crippen LogP contribution in [0.2, 0.25) is 0 Å². The number of hydrogen-bond donors (Lipinski definition) is 0. The van der Waals surface area contributed by atoms with Crippen LogP contribution in [-0.4, -0.2) is 36.1 Å². The minimum atomic E-state index is -0.325. The lowest BCUT2D eigenvalue weighted by molar-refractivity contribution is -0.138. The van der Waals surface area contributed by atoms with Gasteiger partial charge in [0.15, 0.2) is 0 Å². The fourth-order valence-electron chi connectivity index (χ4n) is 1.48. The molecule has 17 heavy (non-hydrogen) atoms. The number of carbonyl (C=O) groups excluding carboxylic acids is 1. The lowest BCUT2D eigenvalue weighted by atomic mass is 10.2.